The molecule has 1 aliphatic rings. The van der Waals surface area contributed by atoms with Gasteiger partial charge in [0.2, 0.25) is 3.79 Å². The Kier molecular flexibility index (Phi) is 7.92. The third-order valence-corrected chi connectivity index (χ3v) is 6.86. The summed E-state index contributed by atoms with van der Waals surface area (Å²) < 4.78 is -2.65. The molecule has 1 aliphatic carbocycles. The fourth-order valence-electron chi connectivity index (χ4n) is 1.28. The van der Waals surface area contributed by atoms with Gasteiger partial charge >= 0.3 is 0 Å². The average Bonchev–Trinajstić information content (AvgIpc) is 2.25. The van der Waals surface area contributed by atoms with E-state index in [0.717, 1.165) is 0 Å². The van der Waals surface area contributed by atoms with Crippen molar-refractivity contribution in [2.75, 3.05) is 0 Å². The van der Waals surface area contributed by atoms with E-state index in [4.69, 9.17) is 40.5 Å². The predicted molar refractivity (Wildman–Crippen MR) is 87.9 cm³/mol. The third-order valence-electron chi connectivity index (χ3n) is 2.13. The Morgan fingerprint density at radius 1 is 1.58 bits per heavy atom. The molecule has 0 aromatic rings. The number of nitrogens with zero attached hydrogens (tertiary/aromatic N) is 1. The van der Waals surface area contributed by atoms with Crippen LogP contribution < -0.4 is 5.73 Å². The summed E-state index contributed by atoms with van der Waals surface area (Å²) in [5.74, 6) is 0. The Morgan fingerprint density at radius 3 is 2.58 bits per heavy atom. The molecule has 0 amide bonds. The lowest BCUT2D eigenvalue weighted by atomic mass is 10.00. The molecule has 19 heavy (non-hydrogen) atoms. The second-order valence-electron chi connectivity index (χ2n) is 3.70. The molecule has 0 bridgehead atoms. The van der Waals surface area contributed by atoms with Crippen LogP contribution in [0.1, 0.15) is 13.3 Å². The van der Waals surface area contributed by atoms with Gasteiger partial charge in [0.25, 0.3) is 5.70 Å². The highest BCUT2D eigenvalue weighted by atomic mass is 35.6. The van der Waals surface area contributed by atoms with Gasteiger partial charge in [-0.15, -0.1) is 12.4 Å². The molecule has 0 aromatic heterocycles. The van der Waals surface area contributed by atoms with Crippen LogP contribution in [0.5, 0.6) is 0 Å². The number of halogens is 4. The lowest BCUT2D eigenvalue weighted by Crippen LogP contribution is -2.39. The van der Waals surface area contributed by atoms with E-state index in [1.54, 1.807) is 13.0 Å². The normalized spacial score (nSPS) is 24.4. The lowest BCUT2D eigenvalue weighted by molar-refractivity contribution is -0.419. The third kappa shape index (κ3) is 5.19. The molecule has 0 saturated heterocycles. The van der Waals surface area contributed by atoms with Crippen molar-refractivity contribution in [2.24, 2.45) is 5.73 Å². The first-order valence-corrected chi connectivity index (χ1v) is 8.23. The Balaban J connectivity index is 0.00000324. The minimum absolute atomic E-state index is 0. The predicted octanol–water partition coefficient (Wildman–Crippen LogP) is 4.32. The van der Waals surface area contributed by atoms with Gasteiger partial charge in [0.15, 0.2) is 0 Å². The van der Waals surface area contributed by atoms with Crippen molar-refractivity contribution in [3.63, 3.8) is 0 Å². The maximum Gasteiger partial charge on any atom is 0.266 e. The molecule has 10 heteroatoms. The van der Waals surface area contributed by atoms with E-state index in [1.807, 2.05) is 0 Å². The topological polar surface area (TPSA) is 69.2 Å². The summed E-state index contributed by atoms with van der Waals surface area (Å²) >= 11 is 17.9. The molecule has 110 valence electrons. The summed E-state index contributed by atoms with van der Waals surface area (Å²) in [6, 6.07) is 0. The second kappa shape index (κ2) is 7.64. The van der Waals surface area contributed by atoms with Gasteiger partial charge in [-0.3, -0.25) is 10.1 Å². The minimum atomic E-state index is -1.66. The van der Waals surface area contributed by atoms with E-state index >= 15 is 0 Å². The molecule has 0 aliphatic heterocycles. The fourth-order valence-corrected chi connectivity index (χ4v) is 4.88. The highest BCUT2D eigenvalue weighted by molar-refractivity contribution is 8.77. The molecule has 0 fully saturated rings. The molecule has 2 N–H and O–H groups in total. The van der Waals surface area contributed by atoms with Crippen molar-refractivity contribution in [1.82, 2.24) is 0 Å². The monoisotopic (exact) mass is 384 g/mol. The number of nitrogens with two attached hydrogens (primary N) is 1. The van der Waals surface area contributed by atoms with E-state index in [1.165, 1.54) is 33.7 Å². The largest absolute Gasteiger partial charge is 0.319 e. The summed E-state index contributed by atoms with van der Waals surface area (Å²) in [7, 11) is 2.56. The quantitative estimate of drug-likeness (QED) is 0.256. The first kappa shape index (κ1) is 19.7. The van der Waals surface area contributed by atoms with Crippen molar-refractivity contribution in [3.05, 3.63) is 34.0 Å². The highest BCUT2D eigenvalue weighted by Gasteiger charge is 2.50. The van der Waals surface area contributed by atoms with Gasteiger partial charge in [-0.2, -0.15) is 0 Å². The number of hydrogen-bond acceptors (Lipinski definition) is 5. The van der Waals surface area contributed by atoms with Crippen LogP contribution in [-0.4, -0.2) is 18.8 Å². The Morgan fingerprint density at radius 2 is 2.16 bits per heavy atom. The van der Waals surface area contributed by atoms with Crippen LogP contribution in [0.15, 0.2) is 23.9 Å². The van der Waals surface area contributed by atoms with E-state index in [0.29, 0.717) is 6.42 Å². The number of alkyl halides is 3. The number of nitro groups is 1. The summed E-state index contributed by atoms with van der Waals surface area (Å²) in [5.41, 5.74) is 5.57. The molecular weight excluding hydrogens is 374 g/mol. The van der Waals surface area contributed by atoms with Gasteiger partial charge in [0, 0.05) is 12.2 Å². The van der Waals surface area contributed by atoms with Crippen LogP contribution in [0.25, 0.3) is 0 Å². The van der Waals surface area contributed by atoms with Gasteiger partial charge in [-0.1, -0.05) is 62.5 Å². The minimum Gasteiger partial charge on any atom is -0.319 e. The van der Waals surface area contributed by atoms with Gasteiger partial charge in [-0.05, 0) is 13.3 Å². The highest BCUT2D eigenvalue weighted by Crippen LogP contribution is 2.56. The lowest BCUT2D eigenvalue weighted by Gasteiger charge is -2.36. The van der Waals surface area contributed by atoms with Crippen LogP contribution in [0.3, 0.4) is 0 Å². The van der Waals surface area contributed by atoms with E-state index < -0.39 is 13.5 Å². The first-order valence-electron chi connectivity index (χ1n) is 4.88. The smallest absolute Gasteiger partial charge is 0.266 e. The van der Waals surface area contributed by atoms with Crippen LogP contribution in [0.4, 0.5) is 0 Å². The van der Waals surface area contributed by atoms with Crippen molar-refractivity contribution in [1.29, 1.82) is 0 Å². The zero-order valence-electron chi connectivity index (χ0n) is 9.72. The number of rotatable bonds is 4. The zero-order valence-corrected chi connectivity index (χ0v) is 14.4. The first-order chi connectivity index (χ1) is 8.18. The Labute approximate surface area is 140 Å². The van der Waals surface area contributed by atoms with Gasteiger partial charge < -0.3 is 5.73 Å². The van der Waals surface area contributed by atoms with E-state index in [-0.39, 0.29) is 23.5 Å². The molecule has 4 nitrogen and oxygen atoms in total. The standard InChI is InChI=1S/C9H11Cl3N2O2S2.ClH/c1-6(13)17-18-8(9(10,11)12)4-2-3-7(5-8)14(15)16;/h2-3,5-6H,4,13H2,1H3;1H. The summed E-state index contributed by atoms with van der Waals surface area (Å²) in [6.45, 7) is 1.79. The molecule has 0 heterocycles. The van der Waals surface area contributed by atoms with E-state index in [9.17, 15) is 10.1 Å². The molecule has 0 aromatic carbocycles. The summed E-state index contributed by atoms with van der Waals surface area (Å²) in [5, 5.41) is 10.7. The number of allylic oxidation sites excluding steroid dienone is 2. The van der Waals surface area contributed by atoms with Crippen molar-refractivity contribution in [2.45, 2.75) is 27.3 Å². The maximum atomic E-state index is 10.8. The summed E-state index contributed by atoms with van der Waals surface area (Å²) in [6.07, 6.45) is 4.83. The van der Waals surface area contributed by atoms with Gasteiger partial charge in [0.1, 0.15) is 4.75 Å². The van der Waals surface area contributed by atoms with Crippen LogP contribution >= 0.6 is 68.8 Å². The molecule has 2 unspecified atom stereocenters. The van der Waals surface area contributed by atoms with Crippen LogP contribution in [0, 0.1) is 10.1 Å². The molecule has 0 radical (unpaired) electrons. The molecular formula is C9H12Cl4N2O2S2. The van der Waals surface area contributed by atoms with Gasteiger partial charge in [-0.25, -0.2) is 0 Å². The number of hydrogen-bond donors (Lipinski definition) is 1. The maximum absolute atomic E-state index is 10.8. The Hall–Kier alpha value is 0.700. The fraction of sp³-hybridized carbons (Fsp3) is 0.556. The zero-order chi connectivity index (χ0) is 14.0. The van der Waals surface area contributed by atoms with E-state index in [2.05, 4.69) is 0 Å². The average molecular weight is 386 g/mol. The van der Waals surface area contributed by atoms with Crippen molar-refractivity contribution in [3.8, 4) is 0 Å². The molecule has 1 rings (SSSR count). The summed E-state index contributed by atoms with van der Waals surface area (Å²) in [4.78, 5) is 10.3. The van der Waals surface area contributed by atoms with Crippen molar-refractivity contribution < 1.29 is 4.92 Å². The molecule has 0 spiro atoms. The van der Waals surface area contributed by atoms with Crippen molar-refractivity contribution >= 4 is 68.8 Å². The van der Waals surface area contributed by atoms with Crippen LogP contribution in [-0.2, 0) is 0 Å². The van der Waals surface area contributed by atoms with Crippen LogP contribution in [0.2, 0.25) is 0 Å². The van der Waals surface area contributed by atoms with Gasteiger partial charge in [0.05, 0.1) is 10.3 Å². The molecule has 2 atom stereocenters. The second-order valence-corrected chi connectivity index (χ2v) is 8.89. The SMILES string of the molecule is CC(N)SSC1(C(Cl)(Cl)Cl)C=C([N+](=O)[O-])C=CC1.Cl. The molecule has 0 saturated carbocycles. The Bertz CT molecular complexity index is 398.